The van der Waals surface area contributed by atoms with Crippen molar-refractivity contribution in [2.45, 2.75) is 32.0 Å². The lowest BCUT2D eigenvalue weighted by atomic mass is 10.4. The third-order valence-corrected chi connectivity index (χ3v) is 3.43. The Labute approximate surface area is 157 Å². The molecule has 2 saturated heterocycles. The van der Waals surface area contributed by atoms with E-state index in [2.05, 4.69) is 23.3 Å². The van der Waals surface area contributed by atoms with Crippen molar-refractivity contribution >= 4 is 47.3 Å². The number of ether oxygens (including phenoxy) is 2. The van der Waals surface area contributed by atoms with Crippen LogP contribution in [0, 0.1) is 0 Å². The summed E-state index contributed by atoms with van der Waals surface area (Å²) < 4.78 is 33.8. The topological polar surface area (TPSA) is 195 Å². The van der Waals surface area contributed by atoms with E-state index in [9.17, 15) is 37.5 Å². The van der Waals surface area contributed by atoms with Crippen LogP contribution in [0.25, 0.3) is 0 Å². The molecule has 2 aliphatic heterocycles. The van der Waals surface area contributed by atoms with E-state index >= 15 is 0 Å². The van der Waals surface area contributed by atoms with Crippen molar-refractivity contribution in [2.75, 3.05) is 6.61 Å². The molecule has 0 radical (unpaired) electrons. The molecule has 0 bridgehead atoms. The van der Waals surface area contributed by atoms with Crippen LogP contribution in [-0.2, 0) is 53.9 Å². The van der Waals surface area contributed by atoms with Gasteiger partial charge < -0.3 is 14.0 Å². The summed E-state index contributed by atoms with van der Waals surface area (Å²) in [4.78, 5) is 77.3. The highest BCUT2D eigenvalue weighted by Crippen LogP contribution is 2.15. The Balaban J connectivity index is 1.93. The number of amides is 4. The maximum absolute atomic E-state index is 11.6. The number of rotatable bonds is 7. The second-order valence-electron chi connectivity index (χ2n) is 5.00. The van der Waals surface area contributed by atoms with Crippen molar-refractivity contribution in [1.82, 2.24) is 10.1 Å². The molecule has 0 aromatic rings. The molecule has 2 rings (SSSR count). The minimum Gasteiger partial charge on any atom is -0.750 e. The average Bonchev–Trinajstić information content (AvgIpc) is 3.09. The predicted octanol–water partition coefficient (Wildman–Crippen LogP) is -1.44. The molecule has 0 aliphatic carbocycles. The van der Waals surface area contributed by atoms with Crippen molar-refractivity contribution in [3.63, 3.8) is 0 Å². The van der Waals surface area contributed by atoms with Crippen LogP contribution in [0.4, 0.5) is 9.59 Å². The minimum atomic E-state index is -3.10. The first-order valence-electron chi connectivity index (χ1n) is 7.38. The van der Waals surface area contributed by atoms with Gasteiger partial charge in [0.1, 0.15) is 6.61 Å². The molecule has 0 spiro atoms. The number of hydroxylamine groups is 4. The van der Waals surface area contributed by atoms with E-state index in [0.717, 1.165) is 0 Å². The summed E-state index contributed by atoms with van der Waals surface area (Å²) in [6, 6.07) is 0. The fourth-order valence-electron chi connectivity index (χ4n) is 1.93. The van der Waals surface area contributed by atoms with Gasteiger partial charge in [-0.3, -0.25) is 33.0 Å². The first-order chi connectivity index (χ1) is 13.2. The van der Waals surface area contributed by atoms with Crippen LogP contribution in [0.2, 0.25) is 0 Å². The highest BCUT2D eigenvalue weighted by Gasteiger charge is 2.36. The normalized spacial score (nSPS) is 17.9. The van der Waals surface area contributed by atoms with E-state index in [1.807, 2.05) is 0 Å². The van der Waals surface area contributed by atoms with Crippen molar-refractivity contribution in [3.05, 3.63) is 0 Å². The van der Waals surface area contributed by atoms with Gasteiger partial charge >= 0.3 is 12.3 Å². The molecule has 16 heteroatoms. The summed E-state index contributed by atoms with van der Waals surface area (Å²) in [6.07, 6.45) is -6.32. The predicted molar refractivity (Wildman–Crippen MR) is 76.0 cm³/mol. The van der Waals surface area contributed by atoms with E-state index < -0.39 is 60.2 Å². The molecule has 15 nitrogen and oxygen atoms in total. The summed E-state index contributed by atoms with van der Waals surface area (Å²) in [5, 5.41) is 0.234. The molecule has 154 valence electrons. The van der Waals surface area contributed by atoms with E-state index in [4.69, 9.17) is 0 Å². The van der Waals surface area contributed by atoms with Crippen molar-refractivity contribution < 1.29 is 60.9 Å². The van der Waals surface area contributed by atoms with Gasteiger partial charge in [0.05, 0.1) is 11.4 Å². The standard InChI is InChI=1S/C12H12N2O13S/c15-6-1-2-7(16)13(6)26-11(19)24-10(5-23-28(21)22)25-12(20)27-14-8(17)3-4-9(14)18/h10H,1-5H2,(H,21,22)/p-1. The fraction of sp³-hybridized carbons (Fsp3) is 0.500. The highest BCUT2D eigenvalue weighted by molar-refractivity contribution is 7.74. The van der Waals surface area contributed by atoms with Crippen LogP contribution in [-0.4, -0.2) is 67.7 Å². The zero-order valence-electron chi connectivity index (χ0n) is 13.7. The van der Waals surface area contributed by atoms with Gasteiger partial charge in [0.25, 0.3) is 29.9 Å². The van der Waals surface area contributed by atoms with Gasteiger partial charge in [-0.15, -0.1) is 0 Å². The lowest BCUT2D eigenvalue weighted by Gasteiger charge is -2.20. The minimum absolute atomic E-state index is 0.117. The van der Waals surface area contributed by atoms with Crippen LogP contribution in [0.3, 0.4) is 0 Å². The van der Waals surface area contributed by atoms with Gasteiger partial charge in [0, 0.05) is 25.7 Å². The number of carbonyl (C=O) groups is 6. The number of hydrogen-bond acceptors (Lipinski definition) is 13. The smallest absolute Gasteiger partial charge is 0.537 e. The third-order valence-electron chi connectivity index (χ3n) is 3.10. The maximum Gasteiger partial charge on any atom is 0.537 e. The lowest BCUT2D eigenvalue weighted by Crippen LogP contribution is -2.38. The number of imide groups is 2. The third kappa shape index (κ3) is 5.69. The molecular formula is C12H11N2O13S-. The second-order valence-corrected chi connectivity index (χ2v) is 5.64. The van der Waals surface area contributed by atoms with Gasteiger partial charge in [0.2, 0.25) is 0 Å². The molecule has 1 unspecified atom stereocenters. The average molecular weight is 423 g/mol. The van der Waals surface area contributed by atoms with Crippen LogP contribution in [0.5, 0.6) is 0 Å². The molecule has 0 N–H and O–H groups in total. The number of hydrogen-bond donors (Lipinski definition) is 0. The molecule has 2 fully saturated rings. The molecular weight excluding hydrogens is 412 g/mol. The molecule has 0 aromatic heterocycles. The molecule has 0 aromatic carbocycles. The molecule has 1 atom stereocenters. The first-order valence-corrected chi connectivity index (χ1v) is 8.38. The molecule has 2 aliphatic rings. The zero-order chi connectivity index (χ0) is 20.8. The van der Waals surface area contributed by atoms with E-state index in [0.29, 0.717) is 0 Å². The quantitative estimate of drug-likeness (QED) is 0.200. The molecule has 4 amide bonds. The Bertz CT molecular complexity index is 653. The molecule has 0 saturated carbocycles. The van der Waals surface area contributed by atoms with Gasteiger partial charge in [0.15, 0.2) is 0 Å². The van der Waals surface area contributed by atoms with Gasteiger partial charge in [-0.2, -0.15) is 0 Å². The Morgan fingerprint density at radius 1 is 0.857 bits per heavy atom. The van der Waals surface area contributed by atoms with Crippen LogP contribution < -0.4 is 0 Å². The molecule has 2 heterocycles. The summed E-state index contributed by atoms with van der Waals surface area (Å²) >= 11 is -3.10. The van der Waals surface area contributed by atoms with Crippen LogP contribution in [0.1, 0.15) is 25.7 Å². The van der Waals surface area contributed by atoms with E-state index in [1.54, 1.807) is 0 Å². The van der Waals surface area contributed by atoms with E-state index in [-0.39, 0.29) is 35.8 Å². The lowest BCUT2D eigenvalue weighted by molar-refractivity contribution is -0.197. The Morgan fingerprint density at radius 2 is 1.21 bits per heavy atom. The van der Waals surface area contributed by atoms with E-state index in [1.165, 1.54) is 0 Å². The van der Waals surface area contributed by atoms with Crippen molar-refractivity contribution in [1.29, 1.82) is 0 Å². The zero-order valence-corrected chi connectivity index (χ0v) is 14.5. The maximum atomic E-state index is 11.6. The number of carbonyl (C=O) groups excluding carboxylic acids is 6. The summed E-state index contributed by atoms with van der Waals surface area (Å²) in [5.74, 6) is -3.33. The second kappa shape index (κ2) is 9.20. The highest BCUT2D eigenvalue weighted by atomic mass is 32.2. The van der Waals surface area contributed by atoms with Crippen LogP contribution in [0.15, 0.2) is 0 Å². The summed E-state index contributed by atoms with van der Waals surface area (Å²) in [6.45, 7) is -1.07. The number of nitrogens with zero attached hydrogens (tertiary/aromatic N) is 2. The fourth-order valence-corrected chi connectivity index (χ4v) is 2.15. The SMILES string of the molecule is O=C(OC(COS(=O)[O-])OC(=O)ON1C(=O)CCC1=O)ON1C(=O)CCC1=O. The summed E-state index contributed by atoms with van der Waals surface area (Å²) in [7, 11) is 0. The first kappa shape index (κ1) is 21.2. The Morgan fingerprint density at radius 3 is 1.54 bits per heavy atom. The largest absolute Gasteiger partial charge is 0.750 e. The molecule has 28 heavy (non-hydrogen) atoms. The van der Waals surface area contributed by atoms with Gasteiger partial charge in [-0.05, 0) is 0 Å². The van der Waals surface area contributed by atoms with Crippen molar-refractivity contribution in [2.24, 2.45) is 0 Å². The summed E-state index contributed by atoms with van der Waals surface area (Å²) in [5.41, 5.74) is 0. The Kier molecular flexibility index (Phi) is 6.96. The Hall–Kier alpha value is -3.11. The van der Waals surface area contributed by atoms with Gasteiger partial charge in [-0.1, -0.05) is 10.1 Å². The van der Waals surface area contributed by atoms with Crippen LogP contribution >= 0.6 is 0 Å². The monoisotopic (exact) mass is 423 g/mol. The van der Waals surface area contributed by atoms with Crippen molar-refractivity contribution in [3.8, 4) is 0 Å². The van der Waals surface area contributed by atoms with Gasteiger partial charge in [-0.25, -0.2) is 13.8 Å².